The molecule has 1 aromatic heterocycles. The number of ether oxygens (including phenoxy) is 2. The minimum Gasteiger partial charge on any atom is -0.492 e. The van der Waals surface area contributed by atoms with E-state index in [0.717, 1.165) is 12.8 Å². The molecule has 0 saturated carbocycles. The summed E-state index contributed by atoms with van der Waals surface area (Å²) in [5.41, 5.74) is 0.261. The zero-order valence-electron chi connectivity index (χ0n) is 11.4. The molecule has 0 amide bonds. The van der Waals surface area contributed by atoms with Crippen LogP contribution in [0.1, 0.15) is 30.3 Å². The minimum absolute atomic E-state index is 0.261. The number of aromatic nitrogens is 1. The van der Waals surface area contributed by atoms with Gasteiger partial charge in [-0.25, -0.2) is 9.78 Å². The number of unbranched alkanes of at least 4 members (excludes halogenated alkanes) is 1. The van der Waals surface area contributed by atoms with Crippen LogP contribution in [0, 0.1) is 0 Å². The number of benzene rings is 1. The molecule has 104 valence electrons. The second-order valence-corrected chi connectivity index (χ2v) is 4.28. The van der Waals surface area contributed by atoms with Gasteiger partial charge in [0.05, 0.1) is 12.8 Å². The van der Waals surface area contributed by atoms with Crippen LogP contribution in [0.2, 0.25) is 0 Å². The fourth-order valence-corrected chi connectivity index (χ4v) is 1.57. The number of nitrogens with zero attached hydrogens (tertiary/aromatic N) is 1. The van der Waals surface area contributed by atoms with E-state index in [1.54, 1.807) is 36.4 Å². The Hall–Kier alpha value is -2.36. The maximum absolute atomic E-state index is 11.9. The number of carbonyl (C=O) groups is 1. The lowest BCUT2D eigenvalue weighted by Crippen LogP contribution is -2.10. The molecule has 0 spiro atoms. The molecule has 1 heterocycles. The number of rotatable bonds is 6. The fraction of sp³-hybridized carbons (Fsp3) is 0.250. The quantitative estimate of drug-likeness (QED) is 0.458. The van der Waals surface area contributed by atoms with Crippen LogP contribution in [0.5, 0.6) is 11.5 Å². The van der Waals surface area contributed by atoms with E-state index in [1.807, 2.05) is 6.07 Å². The van der Waals surface area contributed by atoms with Gasteiger partial charge >= 0.3 is 5.97 Å². The van der Waals surface area contributed by atoms with Gasteiger partial charge in [-0.2, -0.15) is 0 Å². The fourth-order valence-electron chi connectivity index (χ4n) is 1.57. The number of carbonyl (C=O) groups excluding carboxylic acids is 1. The smallest absolute Gasteiger partial charge is 0.362 e. The van der Waals surface area contributed by atoms with Gasteiger partial charge in [0.15, 0.2) is 0 Å². The molecule has 0 bridgehead atoms. The Balaban J connectivity index is 1.94. The highest BCUT2D eigenvalue weighted by Gasteiger charge is 2.10. The Bertz CT molecular complexity index is 537. The summed E-state index contributed by atoms with van der Waals surface area (Å²) >= 11 is 0. The maximum Gasteiger partial charge on any atom is 0.362 e. The van der Waals surface area contributed by atoms with E-state index in [0.29, 0.717) is 18.1 Å². The van der Waals surface area contributed by atoms with Crippen LogP contribution in [0.4, 0.5) is 0 Å². The van der Waals surface area contributed by atoms with Crippen LogP contribution in [-0.4, -0.2) is 17.6 Å². The summed E-state index contributed by atoms with van der Waals surface area (Å²) in [7, 11) is 0. The van der Waals surface area contributed by atoms with Crippen molar-refractivity contribution < 1.29 is 14.3 Å². The van der Waals surface area contributed by atoms with Crippen molar-refractivity contribution in [2.24, 2.45) is 0 Å². The molecule has 4 nitrogen and oxygen atoms in total. The van der Waals surface area contributed by atoms with Crippen molar-refractivity contribution in [3.8, 4) is 11.5 Å². The number of hydrogen-bond acceptors (Lipinski definition) is 4. The Morgan fingerprint density at radius 3 is 2.55 bits per heavy atom. The molecular weight excluding hydrogens is 254 g/mol. The molecule has 0 saturated heterocycles. The van der Waals surface area contributed by atoms with Gasteiger partial charge in [-0.1, -0.05) is 31.5 Å². The molecule has 4 heteroatoms. The minimum atomic E-state index is -0.476. The highest BCUT2D eigenvalue weighted by molar-refractivity contribution is 5.89. The molecule has 1 aromatic carbocycles. The third-order valence-corrected chi connectivity index (χ3v) is 2.67. The molecule has 0 unspecified atom stereocenters. The summed E-state index contributed by atoms with van der Waals surface area (Å²) in [5, 5.41) is 0. The third-order valence-electron chi connectivity index (χ3n) is 2.67. The van der Waals surface area contributed by atoms with E-state index in [4.69, 9.17) is 9.47 Å². The predicted molar refractivity (Wildman–Crippen MR) is 76.0 cm³/mol. The third kappa shape index (κ3) is 4.09. The van der Waals surface area contributed by atoms with Crippen LogP contribution in [0.25, 0.3) is 0 Å². The van der Waals surface area contributed by atoms with Gasteiger partial charge in [0.1, 0.15) is 17.2 Å². The van der Waals surface area contributed by atoms with Crippen LogP contribution < -0.4 is 9.47 Å². The molecule has 0 radical (unpaired) electrons. The van der Waals surface area contributed by atoms with E-state index >= 15 is 0 Å². The van der Waals surface area contributed by atoms with Crippen LogP contribution in [-0.2, 0) is 0 Å². The Kier molecular flexibility index (Phi) is 5.12. The van der Waals surface area contributed by atoms with E-state index in [-0.39, 0.29) is 5.69 Å². The molecule has 0 aliphatic carbocycles. The number of hydrogen-bond donors (Lipinski definition) is 0. The van der Waals surface area contributed by atoms with E-state index in [9.17, 15) is 4.79 Å². The van der Waals surface area contributed by atoms with Crippen molar-refractivity contribution in [1.82, 2.24) is 4.98 Å². The van der Waals surface area contributed by atoms with Gasteiger partial charge < -0.3 is 9.47 Å². The van der Waals surface area contributed by atoms with Gasteiger partial charge in [-0.15, -0.1) is 0 Å². The standard InChI is InChI=1S/C16H17NO3/c1-2-3-11-19-14-9-10-15(17-12-14)16(18)20-13-7-5-4-6-8-13/h4-10,12H,2-3,11H2,1H3. The van der Waals surface area contributed by atoms with E-state index < -0.39 is 5.97 Å². The Morgan fingerprint density at radius 2 is 1.90 bits per heavy atom. The van der Waals surface area contributed by atoms with E-state index in [2.05, 4.69) is 11.9 Å². The summed E-state index contributed by atoms with van der Waals surface area (Å²) in [6, 6.07) is 12.2. The lowest BCUT2D eigenvalue weighted by molar-refractivity contribution is 0.0728. The summed E-state index contributed by atoms with van der Waals surface area (Å²) in [6.07, 6.45) is 3.62. The molecule has 0 atom stereocenters. The molecule has 0 fully saturated rings. The summed E-state index contributed by atoms with van der Waals surface area (Å²) in [5.74, 6) is 0.689. The van der Waals surface area contributed by atoms with Crippen molar-refractivity contribution in [2.45, 2.75) is 19.8 Å². The normalized spacial score (nSPS) is 10.1. The van der Waals surface area contributed by atoms with Gasteiger partial charge in [0, 0.05) is 0 Å². The summed E-state index contributed by atoms with van der Waals surface area (Å²) in [6.45, 7) is 2.76. The van der Waals surface area contributed by atoms with Gasteiger partial charge in [-0.05, 0) is 30.7 Å². The van der Waals surface area contributed by atoms with Crippen LogP contribution in [0.15, 0.2) is 48.7 Å². The molecule has 0 aliphatic heterocycles. The van der Waals surface area contributed by atoms with Gasteiger partial charge in [0.25, 0.3) is 0 Å². The molecule has 2 rings (SSSR count). The number of esters is 1. The first-order chi connectivity index (χ1) is 9.79. The largest absolute Gasteiger partial charge is 0.492 e. The number of pyridine rings is 1. The van der Waals surface area contributed by atoms with Gasteiger partial charge in [-0.3, -0.25) is 0 Å². The van der Waals surface area contributed by atoms with Crippen molar-refractivity contribution in [1.29, 1.82) is 0 Å². The molecule has 0 N–H and O–H groups in total. The lowest BCUT2D eigenvalue weighted by Gasteiger charge is -2.06. The number of para-hydroxylation sites is 1. The molecule has 0 aliphatic rings. The van der Waals surface area contributed by atoms with Crippen LogP contribution in [0.3, 0.4) is 0 Å². The van der Waals surface area contributed by atoms with Crippen molar-refractivity contribution in [3.63, 3.8) is 0 Å². The topological polar surface area (TPSA) is 48.4 Å². The second kappa shape index (κ2) is 7.28. The van der Waals surface area contributed by atoms with Gasteiger partial charge in [0.2, 0.25) is 0 Å². The zero-order chi connectivity index (χ0) is 14.2. The zero-order valence-corrected chi connectivity index (χ0v) is 11.4. The van der Waals surface area contributed by atoms with Crippen molar-refractivity contribution in [3.05, 3.63) is 54.4 Å². The highest BCUT2D eigenvalue weighted by atomic mass is 16.5. The van der Waals surface area contributed by atoms with Crippen molar-refractivity contribution in [2.75, 3.05) is 6.61 Å². The first-order valence-electron chi connectivity index (χ1n) is 6.65. The second-order valence-electron chi connectivity index (χ2n) is 4.28. The molecular formula is C16H17NO3. The van der Waals surface area contributed by atoms with Crippen LogP contribution >= 0.6 is 0 Å². The van der Waals surface area contributed by atoms with E-state index in [1.165, 1.54) is 6.20 Å². The lowest BCUT2D eigenvalue weighted by atomic mass is 10.3. The van der Waals surface area contributed by atoms with Crippen molar-refractivity contribution >= 4 is 5.97 Å². The average molecular weight is 271 g/mol. The summed E-state index contributed by atoms with van der Waals surface area (Å²) < 4.78 is 10.7. The molecule has 20 heavy (non-hydrogen) atoms. The maximum atomic E-state index is 11.9. The summed E-state index contributed by atoms with van der Waals surface area (Å²) in [4.78, 5) is 15.9. The Labute approximate surface area is 118 Å². The average Bonchev–Trinajstić information content (AvgIpc) is 2.49. The first-order valence-corrected chi connectivity index (χ1v) is 6.65. The molecule has 2 aromatic rings. The highest BCUT2D eigenvalue weighted by Crippen LogP contribution is 2.13. The monoisotopic (exact) mass is 271 g/mol. The SMILES string of the molecule is CCCCOc1ccc(C(=O)Oc2ccccc2)nc1. The first kappa shape index (κ1) is 14.1. The predicted octanol–water partition coefficient (Wildman–Crippen LogP) is 3.48. The Morgan fingerprint density at radius 1 is 1.10 bits per heavy atom.